The third kappa shape index (κ3) is 6.30. The Morgan fingerprint density at radius 2 is 1.86 bits per heavy atom. The second kappa shape index (κ2) is 10.9. The summed E-state index contributed by atoms with van der Waals surface area (Å²) in [5, 5.41) is 3.57. The number of ether oxygens (including phenoxy) is 2. The van der Waals surface area contributed by atoms with Gasteiger partial charge in [-0.1, -0.05) is 0 Å². The number of aliphatic imine (C=N–C) groups is 1. The monoisotopic (exact) mass is 534 g/mol. The van der Waals surface area contributed by atoms with E-state index in [9.17, 15) is 0 Å². The highest BCUT2D eigenvalue weighted by molar-refractivity contribution is 14.0. The van der Waals surface area contributed by atoms with E-state index in [1.165, 1.54) is 11.1 Å². The van der Waals surface area contributed by atoms with Gasteiger partial charge in [0.25, 0.3) is 0 Å². The van der Waals surface area contributed by atoms with Gasteiger partial charge in [0, 0.05) is 56.8 Å². The normalized spacial score (nSPS) is 19.2. The SMILES string of the molecule is CN=C(NCCN1CCc2cc(OC)c(OC)cc2C1)N1CCSC(C)(C)C1.I. The van der Waals surface area contributed by atoms with E-state index in [0.717, 1.165) is 68.9 Å². The first-order chi connectivity index (χ1) is 13.5. The van der Waals surface area contributed by atoms with E-state index in [4.69, 9.17) is 9.47 Å². The summed E-state index contributed by atoms with van der Waals surface area (Å²) in [6.07, 6.45) is 1.04. The average molecular weight is 535 g/mol. The van der Waals surface area contributed by atoms with E-state index in [2.05, 4.69) is 46.1 Å². The fourth-order valence-electron chi connectivity index (χ4n) is 3.99. The van der Waals surface area contributed by atoms with Crippen LogP contribution in [-0.4, -0.2) is 80.3 Å². The molecule has 29 heavy (non-hydrogen) atoms. The molecule has 0 atom stereocenters. The van der Waals surface area contributed by atoms with Crippen LogP contribution in [0.25, 0.3) is 0 Å². The molecule has 0 aromatic heterocycles. The van der Waals surface area contributed by atoms with Gasteiger partial charge in [0.05, 0.1) is 14.2 Å². The van der Waals surface area contributed by atoms with Gasteiger partial charge in [-0.3, -0.25) is 9.89 Å². The predicted octanol–water partition coefficient (Wildman–Crippen LogP) is 3.08. The zero-order chi connectivity index (χ0) is 20.1. The van der Waals surface area contributed by atoms with Crippen LogP contribution >= 0.6 is 35.7 Å². The van der Waals surface area contributed by atoms with Crippen LogP contribution in [0.4, 0.5) is 0 Å². The third-order valence-electron chi connectivity index (χ3n) is 5.45. The molecule has 8 heteroatoms. The molecular weight excluding hydrogens is 499 g/mol. The first-order valence-electron chi connectivity index (χ1n) is 10.0. The highest BCUT2D eigenvalue weighted by Crippen LogP contribution is 2.33. The number of thioether (sulfide) groups is 1. The molecule has 0 bridgehead atoms. The van der Waals surface area contributed by atoms with Crippen molar-refractivity contribution in [2.24, 2.45) is 4.99 Å². The van der Waals surface area contributed by atoms with E-state index in [1.54, 1.807) is 14.2 Å². The minimum atomic E-state index is 0. The number of hydrogen-bond donors (Lipinski definition) is 1. The Morgan fingerprint density at radius 3 is 2.48 bits per heavy atom. The molecule has 0 unspecified atom stereocenters. The first-order valence-corrected chi connectivity index (χ1v) is 11.0. The number of rotatable bonds is 5. The van der Waals surface area contributed by atoms with Gasteiger partial charge in [-0.2, -0.15) is 11.8 Å². The molecule has 6 nitrogen and oxygen atoms in total. The predicted molar refractivity (Wildman–Crippen MR) is 133 cm³/mol. The highest BCUT2D eigenvalue weighted by atomic mass is 127. The van der Waals surface area contributed by atoms with Gasteiger partial charge in [0.2, 0.25) is 0 Å². The van der Waals surface area contributed by atoms with Crippen molar-refractivity contribution in [2.45, 2.75) is 31.6 Å². The molecule has 2 aliphatic rings. The number of methoxy groups -OCH3 is 2. The Labute approximate surface area is 196 Å². The van der Waals surface area contributed by atoms with Gasteiger partial charge in [-0.05, 0) is 43.5 Å². The van der Waals surface area contributed by atoms with Crippen LogP contribution in [0.1, 0.15) is 25.0 Å². The number of fused-ring (bicyclic) bond motifs is 1. The summed E-state index contributed by atoms with van der Waals surface area (Å²) < 4.78 is 11.2. The fourth-order valence-corrected chi connectivity index (χ4v) is 5.10. The Morgan fingerprint density at radius 1 is 1.17 bits per heavy atom. The Kier molecular flexibility index (Phi) is 9.21. The Hall–Kier alpha value is -0.870. The van der Waals surface area contributed by atoms with Crippen LogP contribution in [0.3, 0.4) is 0 Å². The summed E-state index contributed by atoms with van der Waals surface area (Å²) in [6.45, 7) is 10.6. The smallest absolute Gasteiger partial charge is 0.193 e. The quantitative estimate of drug-likeness (QED) is 0.356. The van der Waals surface area contributed by atoms with Crippen molar-refractivity contribution in [1.82, 2.24) is 15.1 Å². The lowest BCUT2D eigenvalue weighted by Crippen LogP contribution is -2.52. The van der Waals surface area contributed by atoms with Crippen LogP contribution in [0.2, 0.25) is 0 Å². The molecule has 1 aromatic rings. The molecule has 2 heterocycles. The Balaban J connectivity index is 0.00000300. The van der Waals surface area contributed by atoms with Crippen molar-refractivity contribution in [3.05, 3.63) is 23.3 Å². The maximum Gasteiger partial charge on any atom is 0.193 e. The van der Waals surface area contributed by atoms with Crippen molar-refractivity contribution in [3.8, 4) is 11.5 Å². The van der Waals surface area contributed by atoms with Gasteiger partial charge >= 0.3 is 0 Å². The van der Waals surface area contributed by atoms with E-state index in [-0.39, 0.29) is 28.7 Å². The number of guanidine groups is 1. The van der Waals surface area contributed by atoms with E-state index < -0.39 is 0 Å². The lowest BCUT2D eigenvalue weighted by molar-refractivity contribution is 0.254. The van der Waals surface area contributed by atoms with Crippen molar-refractivity contribution in [1.29, 1.82) is 0 Å². The number of nitrogens with zero attached hydrogens (tertiary/aromatic N) is 3. The van der Waals surface area contributed by atoms with Crippen LogP contribution in [0.5, 0.6) is 11.5 Å². The van der Waals surface area contributed by atoms with Crippen molar-refractivity contribution in [3.63, 3.8) is 0 Å². The van der Waals surface area contributed by atoms with Crippen molar-refractivity contribution < 1.29 is 9.47 Å². The summed E-state index contributed by atoms with van der Waals surface area (Å²) in [6, 6.07) is 4.25. The van der Waals surface area contributed by atoms with Gasteiger partial charge in [-0.15, -0.1) is 24.0 Å². The molecule has 2 aliphatic heterocycles. The summed E-state index contributed by atoms with van der Waals surface area (Å²) in [7, 11) is 5.27. The van der Waals surface area contributed by atoms with Crippen LogP contribution < -0.4 is 14.8 Å². The molecule has 0 aliphatic carbocycles. The first kappa shape index (κ1) is 24.4. The van der Waals surface area contributed by atoms with E-state index in [1.807, 2.05) is 18.8 Å². The molecule has 1 fully saturated rings. The third-order valence-corrected chi connectivity index (χ3v) is 6.74. The average Bonchev–Trinajstić information content (AvgIpc) is 2.69. The number of benzene rings is 1. The van der Waals surface area contributed by atoms with Crippen LogP contribution in [0.15, 0.2) is 17.1 Å². The molecule has 0 saturated carbocycles. The molecule has 1 aromatic carbocycles. The van der Waals surface area contributed by atoms with Gasteiger partial charge in [0.15, 0.2) is 17.5 Å². The number of nitrogens with one attached hydrogen (secondary N) is 1. The molecule has 164 valence electrons. The summed E-state index contributed by atoms with van der Waals surface area (Å²) in [4.78, 5) is 9.39. The zero-order valence-corrected chi connectivity index (χ0v) is 21.4. The second-order valence-electron chi connectivity index (χ2n) is 8.01. The van der Waals surface area contributed by atoms with Crippen molar-refractivity contribution in [2.75, 3.05) is 59.7 Å². The fraction of sp³-hybridized carbons (Fsp3) is 0.667. The Bertz CT molecular complexity index is 714. The maximum atomic E-state index is 5.47. The minimum Gasteiger partial charge on any atom is -0.493 e. The van der Waals surface area contributed by atoms with E-state index >= 15 is 0 Å². The lowest BCUT2D eigenvalue weighted by atomic mass is 9.99. The van der Waals surface area contributed by atoms with Crippen molar-refractivity contribution >= 4 is 41.7 Å². The van der Waals surface area contributed by atoms with Gasteiger partial charge < -0.3 is 19.7 Å². The molecule has 1 N–H and O–H groups in total. The summed E-state index contributed by atoms with van der Waals surface area (Å²) >= 11 is 2.05. The largest absolute Gasteiger partial charge is 0.493 e. The lowest BCUT2D eigenvalue weighted by Gasteiger charge is -2.39. The second-order valence-corrected chi connectivity index (χ2v) is 9.81. The molecular formula is C21H35IN4O2S. The number of hydrogen-bond acceptors (Lipinski definition) is 5. The minimum absolute atomic E-state index is 0. The molecule has 0 amide bonds. The van der Waals surface area contributed by atoms with Gasteiger partial charge in [0.1, 0.15) is 0 Å². The topological polar surface area (TPSA) is 49.3 Å². The molecule has 1 saturated heterocycles. The van der Waals surface area contributed by atoms with E-state index in [0.29, 0.717) is 0 Å². The summed E-state index contributed by atoms with van der Waals surface area (Å²) in [5.41, 5.74) is 2.70. The van der Waals surface area contributed by atoms with Crippen LogP contribution in [0, 0.1) is 0 Å². The zero-order valence-electron chi connectivity index (χ0n) is 18.3. The standard InChI is InChI=1S/C21H34N4O2S.HI/c1-21(2)15-25(10-11-28-21)20(22-3)23-7-9-24-8-6-16-12-18(26-4)19(27-5)13-17(16)14-24;/h12-13H,6-11,14-15H2,1-5H3,(H,22,23);1H. The maximum absolute atomic E-state index is 5.47. The highest BCUT2D eigenvalue weighted by Gasteiger charge is 2.28. The molecule has 0 spiro atoms. The molecule has 3 rings (SSSR count). The number of halogens is 1. The summed E-state index contributed by atoms with van der Waals surface area (Å²) in [5.74, 6) is 3.81. The van der Waals surface area contributed by atoms with Crippen LogP contribution in [-0.2, 0) is 13.0 Å². The molecule has 0 radical (unpaired) electrons. The van der Waals surface area contributed by atoms with Gasteiger partial charge in [-0.25, -0.2) is 0 Å².